The van der Waals surface area contributed by atoms with Crippen molar-refractivity contribution in [1.82, 2.24) is 14.9 Å². The summed E-state index contributed by atoms with van der Waals surface area (Å²) in [5.74, 6) is 1.16. The van der Waals surface area contributed by atoms with Crippen LogP contribution in [0.3, 0.4) is 0 Å². The van der Waals surface area contributed by atoms with E-state index in [9.17, 15) is 4.79 Å². The summed E-state index contributed by atoms with van der Waals surface area (Å²) in [5.41, 5.74) is 2.67. The number of hydrogen-bond acceptors (Lipinski definition) is 5. The van der Waals surface area contributed by atoms with Crippen molar-refractivity contribution in [1.29, 1.82) is 0 Å². The zero-order valence-corrected chi connectivity index (χ0v) is 12.4. The molecule has 0 unspecified atom stereocenters. The second kappa shape index (κ2) is 5.88. The molecule has 114 valence electrons. The maximum Gasteiger partial charge on any atom is 0.230 e. The van der Waals surface area contributed by atoms with E-state index < -0.39 is 0 Å². The Balaban J connectivity index is 1.63. The first-order valence-electron chi connectivity index (χ1n) is 6.88. The van der Waals surface area contributed by atoms with Crippen LogP contribution in [0.5, 0.6) is 0 Å². The highest BCUT2D eigenvalue weighted by molar-refractivity contribution is 5.91. The van der Waals surface area contributed by atoms with E-state index in [4.69, 9.17) is 8.94 Å². The smallest absolute Gasteiger partial charge is 0.230 e. The molecular weight excluding hydrogens is 284 g/mol. The lowest BCUT2D eigenvalue weighted by Gasteiger charge is -2.02. The first-order chi connectivity index (χ1) is 10.6. The predicted octanol–water partition coefficient (Wildman–Crippen LogP) is 2.31. The van der Waals surface area contributed by atoms with Crippen LogP contribution >= 0.6 is 0 Å². The number of amides is 1. The van der Waals surface area contributed by atoms with Gasteiger partial charge in [0.15, 0.2) is 5.82 Å². The highest BCUT2D eigenvalue weighted by Crippen LogP contribution is 2.14. The molecule has 7 nitrogen and oxygen atoms in total. The van der Waals surface area contributed by atoms with E-state index in [1.807, 2.05) is 13.8 Å². The van der Waals surface area contributed by atoms with Crippen LogP contribution in [0.2, 0.25) is 0 Å². The zero-order valence-electron chi connectivity index (χ0n) is 12.4. The van der Waals surface area contributed by atoms with Gasteiger partial charge in [-0.2, -0.15) is 5.10 Å². The number of furan rings is 1. The monoisotopic (exact) mass is 300 g/mol. The molecule has 3 rings (SSSR count). The molecule has 7 heteroatoms. The van der Waals surface area contributed by atoms with Crippen LogP contribution in [0, 0.1) is 13.8 Å². The number of aryl methyl sites for hydroxylation is 2. The minimum Gasteiger partial charge on any atom is -0.472 e. The van der Waals surface area contributed by atoms with Crippen molar-refractivity contribution in [3.05, 3.63) is 53.4 Å². The molecule has 0 radical (unpaired) electrons. The molecule has 0 bridgehead atoms. The normalized spacial score (nSPS) is 10.8. The van der Waals surface area contributed by atoms with E-state index >= 15 is 0 Å². The lowest BCUT2D eigenvalue weighted by Crippen LogP contribution is -2.14. The molecule has 0 atom stereocenters. The van der Waals surface area contributed by atoms with Gasteiger partial charge in [-0.15, -0.1) is 0 Å². The Kier molecular flexibility index (Phi) is 3.78. The summed E-state index contributed by atoms with van der Waals surface area (Å²) in [5, 5.41) is 11.0. The van der Waals surface area contributed by atoms with Gasteiger partial charge >= 0.3 is 0 Å². The minimum absolute atomic E-state index is 0.135. The van der Waals surface area contributed by atoms with Gasteiger partial charge in [-0.1, -0.05) is 5.16 Å². The van der Waals surface area contributed by atoms with Gasteiger partial charge in [-0.05, 0) is 25.5 Å². The number of nitrogens with zero attached hydrogens (tertiary/aromatic N) is 3. The maximum absolute atomic E-state index is 11.9. The van der Waals surface area contributed by atoms with Crippen LogP contribution in [0.1, 0.15) is 22.6 Å². The summed E-state index contributed by atoms with van der Waals surface area (Å²) in [6, 6.07) is 3.51. The van der Waals surface area contributed by atoms with E-state index in [0.717, 1.165) is 22.6 Å². The second-order valence-electron chi connectivity index (χ2n) is 5.06. The lowest BCUT2D eigenvalue weighted by atomic mass is 10.2. The molecule has 0 aromatic carbocycles. The third-order valence-corrected chi connectivity index (χ3v) is 3.35. The molecule has 0 saturated carbocycles. The second-order valence-corrected chi connectivity index (χ2v) is 5.06. The van der Waals surface area contributed by atoms with E-state index in [1.54, 1.807) is 35.5 Å². The van der Waals surface area contributed by atoms with E-state index in [-0.39, 0.29) is 12.3 Å². The molecule has 0 aliphatic carbocycles. The highest BCUT2D eigenvalue weighted by Gasteiger charge is 2.11. The van der Waals surface area contributed by atoms with Gasteiger partial charge in [0.25, 0.3) is 0 Å². The molecule has 0 aliphatic rings. The van der Waals surface area contributed by atoms with Gasteiger partial charge in [0.1, 0.15) is 5.76 Å². The molecular formula is C15H16N4O3. The Labute approximate surface area is 126 Å². The highest BCUT2D eigenvalue weighted by atomic mass is 16.5. The Bertz CT molecular complexity index is 751. The Morgan fingerprint density at radius 2 is 2.23 bits per heavy atom. The van der Waals surface area contributed by atoms with Gasteiger partial charge in [0.2, 0.25) is 5.91 Å². The van der Waals surface area contributed by atoms with Crippen LogP contribution in [0.15, 0.2) is 39.8 Å². The fourth-order valence-corrected chi connectivity index (χ4v) is 2.17. The number of nitrogens with one attached hydrogen (secondary N) is 1. The lowest BCUT2D eigenvalue weighted by molar-refractivity contribution is -0.115. The van der Waals surface area contributed by atoms with Crippen molar-refractivity contribution in [3.8, 4) is 0 Å². The molecule has 1 N–H and O–H groups in total. The average molecular weight is 300 g/mol. The van der Waals surface area contributed by atoms with E-state index in [1.165, 1.54) is 0 Å². The molecule has 1 amide bonds. The quantitative estimate of drug-likeness (QED) is 0.781. The summed E-state index contributed by atoms with van der Waals surface area (Å²) < 4.78 is 11.8. The van der Waals surface area contributed by atoms with Gasteiger partial charge in [0.05, 0.1) is 31.2 Å². The molecule has 0 fully saturated rings. The summed E-state index contributed by atoms with van der Waals surface area (Å²) in [7, 11) is 0. The Morgan fingerprint density at radius 1 is 1.36 bits per heavy atom. The average Bonchev–Trinajstić information content (AvgIpc) is 3.19. The van der Waals surface area contributed by atoms with Crippen molar-refractivity contribution in [2.75, 3.05) is 5.32 Å². The fraction of sp³-hybridized carbons (Fsp3) is 0.267. The molecule has 0 spiro atoms. The van der Waals surface area contributed by atoms with Crippen LogP contribution in [-0.4, -0.2) is 20.8 Å². The molecule has 3 aromatic rings. The predicted molar refractivity (Wildman–Crippen MR) is 78.3 cm³/mol. The topological polar surface area (TPSA) is 86.1 Å². The van der Waals surface area contributed by atoms with Crippen LogP contribution in [-0.2, 0) is 17.8 Å². The van der Waals surface area contributed by atoms with Crippen LogP contribution in [0.4, 0.5) is 5.82 Å². The summed E-state index contributed by atoms with van der Waals surface area (Å²) in [6.07, 6.45) is 5.16. The first-order valence-corrected chi connectivity index (χ1v) is 6.88. The summed E-state index contributed by atoms with van der Waals surface area (Å²) >= 11 is 0. The third-order valence-electron chi connectivity index (χ3n) is 3.35. The van der Waals surface area contributed by atoms with Gasteiger partial charge in [-0.25, -0.2) is 0 Å². The molecule has 22 heavy (non-hydrogen) atoms. The standard InChI is InChI=1S/C15H16N4O3/c1-10-13(11(2)22-18-10)8-19-5-3-14(17-19)16-15(20)7-12-4-6-21-9-12/h3-6,9H,7-8H2,1-2H3,(H,16,17,20). The van der Waals surface area contributed by atoms with Crippen molar-refractivity contribution in [3.63, 3.8) is 0 Å². The first kappa shape index (κ1) is 14.1. The van der Waals surface area contributed by atoms with Crippen molar-refractivity contribution in [2.45, 2.75) is 26.8 Å². The minimum atomic E-state index is -0.135. The number of carbonyl (C=O) groups excluding carboxylic acids is 1. The largest absolute Gasteiger partial charge is 0.472 e. The SMILES string of the molecule is Cc1noc(C)c1Cn1ccc(NC(=O)Cc2ccoc2)n1. The third kappa shape index (κ3) is 3.08. The summed E-state index contributed by atoms with van der Waals surface area (Å²) in [4.78, 5) is 11.9. The van der Waals surface area contributed by atoms with Gasteiger partial charge < -0.3 is 14.3 Å². The molecule has 0 aliphatic heterocycles. The number of aromatic nitrogens is 3. The van der Waals surface area contributed by atoms with Gasteiger partial charge in [-0.3, -0.25) is 9.48 Å². The number of rotatable bonds is 5. The molecule has 3 aromatic heterocycles. The Hall–Kier alpha value is -2.83. The molecule has 3 heterocycles. The number of hydrogen-bond donors (Lipinski definition) is 1. The number of carbonyl (C=O) groups is 1. The zero-order chi connectivity index (χ0) is 15.5. The van der Waals surface area contributed by atoms with Crippen molar-refractivity contribution >= 4 is 11.7 Å². The van der Waals surface area contributed by atoms with Crippen molar-refractivity contribution < 1.29 is 13.7 Å². The van der Waals surface area contributed by atoms with Crippen LogP contribution < -0.4 is 5.32 Å². The fourth-order valence-electron chi connectivity index (χ4n) is 2.17. The van der Waals surface area contributed by atoms with Crippen molar-refractivity contribution in [2.24, 2.45) is 0 Å². The maximum atomic E-state index is 11.9. The van der Waals surface area contributed by atoms with Gasteiger partial charge in [0, 0.05) is 17.8 Å². The molecule has 0 saturated heterocycles. The van der Waals surface area contributed by atoms with Crippen LogP contribution in [0.25, 0.3) is 0 Å². The summed E-state index contributed by atoms with van der Waals surface area (Å²) in [6.45, 7) is 4.31. The van der Waals surface area contributed by atoms with E-state index in [0.29, 0.717) is 12.4 Å². The number of anilines is 1. The Morgan fingerprint density at radius 3 is 2.91 bits per heavy atom. The van der Waals surface area contributed by atoms with E-state index in [2.05, 4.69) is 15.6 Å².